The van der Waals surface area contributed by atoms with Crippen LogP contribution in [0.2, 0.25) is 0 Å². The maximum Gasteiger partial charge on any atom is 0.213 e. The van der Waals surface area contributed by atoms with Gasteiger partial charge in [0.25, 0.3) is 0 Å². The number of nitrogens with zero attached hydrogens (tertiary/aromatic N) is 4. The van der Waals surface area contributed by atoms with E-state index >= 15 is 0 Å². The Labute approximate surface area is 153 Å². The largest absolute Gasteiger partial charge is 0.478 e. The second kappa shape index (κ2) is 7.85. The minimum atomic E-state index is 0.670. The number of rotatable bonds is 6. The van der Waals surface area contributed by atoms with Gasteiger partial charge >= 0.3 is 0 Å². The molecule has 1 aliphatic heterocycles. The summed E-state index contributed by atoms with van der Waals surface area (Å²) in [7, 11) is 2.18. The SMILES string of the molecule is CN1CCN(CCCOc2ccc(-c3nc4ccccc4[nH]3)cn2)CC1. The summed E-state index contributed by atoms with van der Waals surface area (Å²) < 4.78 is 5.79. The van der Waals surface area contributed by atoms with Gasteiger partial charge in [-0.05, 0) is 31.7 Å². The first kappa shape index (κ1) is 17.0. The molecule has 1 saturated heterocycles. The smallest absolute Gasteiger partial charge is 0.213 e. The van der Waals surface area contributed by atoms with Gasteiger partial charge in [-0.1, -0.05) is 12.1 Å². The van der Waals surface area contributed by atoms with Crippen LogP contribution in [0.25, 0.3) is 22.4 Å². The average Bonchev–Trinajstić information content (AvgIpc) is 3.11. The number of fused-ring (bicyclic) bond motifs is 1. The molecule has 1 fully saturated rings. The highest BCUT2D eigenvalue weighted by molar-refractivity contribution is 5.79. The number of para-hydroxylation sites is 2. The second-order valence-electron chi connectivity index (χ2n) is 6.83. The zero-order valence-corrected chi connectivity index (χ0v) is 15.2. The molecular weight excluding hydrogens is 326 g/mol. The Morgan fingerprint density at radius 3 is 2.69 bits per heavy atom. The fraction of sp³-hybridized carbons (Fsp3) is 0.400. The van der Waals surface area contributed by atoms with Gasteiger partial charge in [0.05, 0.1) is 17.6 Å². The van der Waals surface area contributed by atoms with E-state index in [0.717, 1.165) is 61.6 Å². The zero-order valence-electron chi connectivity index (χ0n) is 15.2. The van der Waals surface area contributed by atoms with E-state index in [-0.39, 0.29) is 0 Å². The van der Waals surface area contributed by atoms with Gasteiger partial charge in [-0.15, -0.1) is 0 Å². The molecule has 0 saturated carbocycles. The molecule has 4 rings (SSSR count). The maximum absolute atomic E-state index is 5.79. The number of hydrogen-bond acceptors (Lipinski definition) is 5. The molecule has 0 unspecified atom stereocenters. The molecule has 6 heteroatoms. The number of likely N-dealkylation sites (N-methyl/N-ethyl adjacent to an activating group) is 1. The van der Waals surface area contributed by atoms with E-state index in [9.17, 15) is 0 Å². The third-order valence-electron chi connectivity index (χ3n) is 4.86. The lowest BCUT2D eigenvalue weighted by molar-refractivity contribution is 0.145. The summed E-state index contributed by atoms with van der Waals surface area (Å²) in [5, 5.41) is 0. The van der Waals surface area contributed by atoms with Crippen LogP contribution < -0.4 is 4.74 Å². The first-order chi connectivity index (χ1) is 12.8. The number of pyridine rings is 1. The zero-order chi connectivity index (χ0) is 17.8. The lowest BCUT2D eigenvalue weighted by atomic mass is 10.3. The van der Waals surface area contributed by atoms with Crippen molar-refractivity contribution in [2.75, 3.05) is 46.4 Å². The summed E-state index contributed by atoms with van der Waals surface area (Å²) in [5.74, 6) is 1.50. The molecule has 1 aliphatic rings. The van der Waals surface area contributed by atoms with Crippen LogP contribution in [0.4, 0.5) is 0 Å². The van der Waals surface area contributed by atoms with E-state index in [4.69, 9.17) is 4.74 Å². The monoisotopic (exact) mass is 351 g/mol. The van der Waals surface area contributed by atoms with E-state index in [1.54, 1.807) is 0 Å². The Morgan fingerprint density at radius 2 is 1.92 bits per heavy atom. The first-order valence-corrected chi connectivity index (χ1v) is 9.23. The van der Waals surface area contributed by atoms with Gasteiger partial charge in [0, 0.05) is 50.6 Å². The van der Waals surface area contributed by atoms with E-state index in [1.165, 1.54) is 0 Å². The lowest BCUT2D eigenvalue weighted by Gasteiger charge is -2.32. The first-order valence-electron chi connectivity index (χ1n) is 9.23. The molecule has 1 N–H and O–H groups in total. The van der Waals surface area contributed by atoms with Crippen LogP contribution >= 0.6 is 0 Å². The van der Waals surface area contributed by atoms with Crippen molar-refractivity contribution in [1.29, 1.82) is 0 Å². The number of benzene rings is 1. The number of H-pyrrole nitrogens is 1. The van der Waals surface area contributed by atoms with Crippen LogP contribution in [0.15, 0.2) is 42.6 Å². The normalized spacial score (nSPS) is 16.2. The van der Waals surface area contributed by atoms with Crippen LogP contribution in [-0.2, 0) is 0 Å². The second-order valence-corrected chi connectivity index (χ2v) is 6.83. The highest BCUT2D eigenvalue weighted by Gasteiger charge is 2.13. The molecule has 0 bridgehead atoms. The number of ether oxygens (including phenoxy) is 1. The highest BCUT2D eigenvalue weighted by Crippen LogP contribution is 2.21. The number of aromatic nitrogens is 3. The summed E-state index contributed by atoms with van der Waals surface area (Å²) in [6, 6.07) is 11.9. The Bertz CT molecular complexity index is 804. The van der Waals surface area contributed by atoms with Gasteiger partial charge in [0.15, 0.2) is 0 Å². The number of imidazole rings is 1. The summed E-state index contributed by atoms with van der Waals surface area (Å²) >= 11 is 0. The fourth-order valence-electron chi connectivity index (χ4n) is 3.23. The molecule has 3 heterocycles. The van der Waals surface area contributed by atoms with E-state index in [0.29, 0.717) is 12.5 Å². The number of aromatic amines is 1. The minimum absolute atomic E-state index is 0.670. The Morgan fingerprint density at radius 1 is 1.08 bits per heavy atom. The molecule has 1 aromatic carbocycles. The lowest BCUT2D eigenvalue weighted by Crippen LogP contribution is -2.44. The van der Waals surface area contributed by atoms with Crippen molar-refractivity contribution in [3.8, 4) is 17.3 Å². The summed E-state index contributed by atoms with van der Waals surface area (Å²) in [5.41, 5.74) is 2.96. The average molecular weight is 351 g/mol. The van der Waals surface area contributed by atoms with Crippen LogP contribution in [-0.4, -0.2) is 71.1 Å². The standard InChI is InChI=1S/C20H25N5O/c1-24-10-12-25(13-11-24)9-4-14-26-19-8-7-16(15-21-19)20-22-17-5-2-3-6-18(17)23-20/h2-3,5-8,15H,4,9-14H2,1H3,(H,22,23). The number of hydrogen-bond donors (Lipinski definition) is 1. The molecular formula is C20H25N5O. The molecule has 0 spiro atoms. The highest BCUT2D eigenvalue weighted by atomic mass is 16.5. The molecule has 3 aromatic rings. The third-order valence-corrected chi connectivity index (χ3v) is 4.86. The van der Waals surface area contributed by atoms with Crippen LogP contribution in [0.3, 0.4) is 0 Å². The van der Waals surface area contributed by atoms with Gasteiger partial charge in [0.2, 0.25) is 5.88 Å². The van der Waals surface area contributed by atoms with Crippen molar-refractivity contribution in [2.45, 2.75) is 6.42 Å². The van der Waals surface area contributed by atoms with Gasteiger partial charge in [-0.3, -0.25) is 0 Å². The Hall–Kier alpha value is -2.44. The number of piperazine rings is 1. The van der Waals surface area contributed by atoms with Crippen molar-refractivity contribution < 1.29 is 4.74 Å². The van der Waals surface area contributed by atoms with Gasteiger partial charge < -0.3 is 19.5 Å². The molecule has 26 heavy (non-hydrogen) atoms. The van der Waals surface area contributed by atoms with E-state index in [1.807, 2.05) is 42.6 Å². The van der Waals surface area contributed by atoms with Gasteiger partial charge in [0.1, 0.15) is 5.82 Å². The molecule has 0 amide bonds. The van der Waals surface area contributed by atoms with Crippen LogP contribution in [0.5, 0.6) is 5.88 Å². The topological polar surface area (TPSA) is 57.3 Å². The summed E-state index contributed by atoms with van der Waals surface area (Å²) in [4.78, 5) is 17.2. The summed E-state index contributed by atoms with van der Waals surface area (Å²) in [6.45, 7) is 6.41. The van der Waals surface area contributed by atoms with Gasteiger partial charge in [-0.2, -0.15) is 0 Å². The molecule has 0 atom stereocenters. The minimum Gasteiger partial charge on any atom is -0.478 e. The molecule has 0 radical (unpaired) electrons. The molecule has 2 aromatic heterocycles. The molecule has 136 valence electrons. The predicted octanol–water partition coefficient (Wildman–Crippen LogP) is 2.64. The quantitative estimate of drug-likeness (QED) is 0.692. The van der Waals surface area contributed by atoms with E-state index < -0.39 is 0 Å². The van der Waals surface area contributed by atoms with Crippen LogP contribution in [0, 0.1) is 0 Å². The molecule has 0 aliphatic carbocycles. The van der Waals surface area contributed by atoms with Crippen molar-refractivity contribution in [3.63, 3.8) is 0 Å². The third kappa shape index (κ3) is 4.03. The predicted molar refractivity (Wildman–Crippen MR) is 103 cm³/mol. The Kier molecular flexibility index (Phi) is 5.13. The van der Waals surface area contributed by atoms with Crippen molar-refractivity contribution in [3.05, 3.63) is 42.6 Å². The van der Waals surface area contributed by atoms with E-state index in [2.05, 4.69) is 31.8 Å². The van der Waals surface area contributed by atoms with Crippen molar-refractivity contribution in [1.82, 2.24) is 24.8 Å². The maximum atomic E-state index is 5.79. The fourth-order valence-corrected chi connectivity index (χ4v) is 3.23. The van der Waals surface area contributed by atoms with Gasteiger partial charge in [-0.25, -0.2) is 9.97 Å². The Balaban J connectivity index is 1.28. The number of nitrogens with one attached hydrogen (secondary N) is 1. The van der Waals surface area contributed by atoms with Crippen LogP contribution in [0.1, 0.15) is 6.42 Å². The van der Waals surface area contributed by atoms with Crippen molar-refractivity contribution in [2.24, 2.45) is 0 Å². The summed E-state index contributed by atoms with van der Waals surface area (Å²) in [6.07, 6.45) is 2.84. The van der Waals surface area contributed by atoms with Crippen molar-refractivity contribution >= 4 is 11.0 Å². The molecule has 6 nitrogen and oxygen atoms in total.